The number of nitrogens with zero attached hydrogens (tertiary/aromatic N) is 1. The van der Waals surface area contributed by atoms with Crippen LogP contribution in [0.25, 0.3) is 0 Å². The van der Waals surface area contributed by atoms with Crippen molar-refractivity contribution in [2.24, 2.45) is 0 Å². The van der Waals surface area contributed by atoms with Crippen LogP contribution in [0, 0.1) is 5.82 Å². The maximum Gasteiger partial charge on any atom is 0.389 e. The number of nitrogens with one attached hydrogen (secondary N) is 1. The minimum Gasteiger partial charge on any atom is -0.494 e. The van der Waals surface area contributed by atoms with Gasteiger partial charge in [-0.15, -0.1) is 12.4 Å². The molecule has 1 aliphatic rings. The molecule has 23 heavy (non-hydrogen) atoms. The Morgan fingerprint density at radius 3 is 2.43 bits per heavy atom. The zero-order valence-corrected chi connectivity index (χ0v) is 13.6. The Labute approximate surface area is 139 Å². The highest BCUT2D eigenvalue weighted by Crippen LogP contribution is 2.33. The molecule has 1 fully saturated rings. The van der Waals surface area contributed by atoms with Crippen molar-refractivity contribution in [1.29, 1.82) is 0 Å². The van der Waals surface area contributed by atoms with Crippen molar-refractivity contribution in [3.8, 4) is 5.75 Å². The maximum atomic E-state index is 13.9. The number of ether oxygens (including phenoxy) is 1. The zero-order valence-electron chi connectivity index (χ0n) is 12.8. The van der Waals surface area contributed by atoms with Crippen molar-refractivity contribution in [2.75, 3.05) is 33.3 Å². The van der Waals surface area contributed by atoms with E-state index in [2.05, 4.69) is 5.32 Å². The van der Waals surface area contributed by atoms with E-state index in [0.29, 0.717) is 18.7 Å². The Hall–Kier alpha value is -1.05. The van der Waals surface area contributed by atoms with Crippen molar-refractivity contribution in [1.82, 2.24) is 10.2 Å². The van der Waals surface area contributed by atoms with Crippen LogP contribution < -0.4 is 10.1 Å². The van der Waals surface area contributed by atoms with E-state index >= 15 is 0 Å². The third-order valence-corrected chi connectivity index (χ3v) is 3.85. The van der Waals surface area contributed by atoms with Gasteiger partial charge in [0, 0.05) is 38.6 Å². The highest BCUT2D eigenvalue weighted by Gasteiger charge is 2.31. The van der Waals surface area contributed by atoms with Gasteiger partial charge in [0.2, 0.25) is 0 Å². The molecule has 1 aromatic rings. The van der Waals surface area contributed by atoms with Crippen molar-refractivity contribution in [3.05, 3.63) is 29.6 Å². The molecule has 0 saturated carbocycles. The summed E-state index contributed by atoms with van der Waals surface area (Å²) in [5.74, 6) is -0.453. The fraction of sp³-hybridized carbons (Fsp3) is 0.600. The van der Waals surface area contributed by atoms with Crippen LogP contribution in [0.3, 0.4) is 0 Å². The fourth-order valence-corrected chi connectivity index (χ4v) is 2.74. The second kappa shape index (κ2) is 8.70. The molecule has 1 aromatic carbocycles. The van der Waals surface area contributed by atoms with Gasteiger partial charge in [-0.3, -0.25) is 4.90 Å². The number of rotatable bonds is 5. The predicted molar refractivity (Wildman–Crippen MR) is 82.7 cm³/mol. The summed E-state index contributed by atoms with van der Waals surface area (Å²) in [5.41, 5.74) is 0.560. The van der Waals surface area contributed by atoms with E-state index in [4.69, 9.17) is 4.74 Å². The standard InChI is InChI=1S/C15H20F4N2O.ClH/c1-22-14-3-2-11(10-12(14)16)13(4-5-15(17,18)19)21-8-6-20-7-9-21;/h2-3,10,13,20H,4-9H2,1H3;1H/t13-;/m0./s1. The van der Waals surface area contributed by atoms with E-state index in [1.807, 2.05) is 4.90 Å². The average Bonchev–Trinajstić information content (AvgIpc) is 2.47. The van der Waals surface area contributed by atoms with Crippen molar-refractivity contribution in [3.63, 3.8) is 0 Å². The highest BCUT2D eigenvalue weighted by molar-refractivity contribution is 5.85. The van der Waals surface area contributed by atoms with Crippen LogP contribution in [0.5, 0.6) is 5.75 Å². The molecule has 2 rings (SSSR count). The van der Waals surface area contributed by atoms with Gasteiger partial charge in [-0.2, -0.15) is 13.2 Å². The Morgan fingerprint density at radius 2 is 1.91 bits per heavy atom. The number of hydrogen-bond acceptors (Lipinski definition) is 3. The summed E-state index contributed by atoms with van der Waals surface area (Å²) in [6, 6.07) is 3.95. The molecule has 0 bridgehead atoms. The second-order valence-corrected chi connectivity index (χ2v) is 5.35. The molecule has 3 nitrogen and oxygen atoms in total. The molecule has 0 aliphatic carbocycles. The molecule has 0 radical (unpaired) electrons. The molecular weight excluding hydrogens is 336 g/mol. The van der Waals surface area contributed by atoms with Gasteiger partial charge in [0.25, 0.3) is 0 Å². The fourth-order valence-electron chi connectivity index (χ4n) is 2.74. The molecule has 132 valence electrons. The predicted octanol–water partition coefficient (Wildman–Crippen LogP) is 3.54. The van der Waals surface area contributed by atoms with Crippen LogP contribution in [0.2, 0.25) is 0 Å². The van der Waals surface area contributed by atoms with Crippen LogP contribution in [-0.2, 0) is 0 Å². The minimum absolute atomic E-state index is 0. The van der Waals surface area contributed by atoms with E-state index in [1.54, 1.807) is 6.07 Å². The first-order valence-electron chi connectivity index (χ1n) is 7.25. The van der Waals surface area contributed by atoms with Gasteiger partial charge in [-0.05, 0) is 24.1 Å². The first-order valence-corrected chi connectivity index (χ1v) is 7.25. The van der Waals surface area contributed by atoms with Crippen molar-refractivity contribution in [2.45, 2.75) is 25.1 Å². The number of hydrogen-bond donors (Lipinski definition) is 1. The van der Waals surface area contributed by atoms with Gasteiger partial charge in [0.15, 0.2) is 11.6 Å². The minimum atomic E-state index is -4.21. The molecule has 0 aromatic heterocycles. The van der Waals surface area contributed by atoms with Crippen molar-refractivity contribution < 1.29 is 22.3 Å². The maximum absolute atomic E-state index is 13.9. The molecule has 1 saturated heterocycles. The van der Waals surface area contributed by atoms with Crippen LogP contribution in [-0.4, -0.2) is 44.4 Å². The van der Waals surface area contributed by atoms with Gasteiger partial charge < -0.3 is 10.1 Å². The van der Waals surface area contributed by atoms with E-state index in [-0.39, 0.29) is 24.6 Å². The topological polar surface area (TPSA) is 24.5 Å². The van der Waals surface area contributed by atoms with Crippen LogP contribution in [0.1, 0.15) is 24.4 Å². The van der Waals surface area contributed by atoms with E-state index in [9.17, 15) is 17.6 Å². The first kappa shape index (κ1) is 20.0. The van der Waals surface area contributed by atoms with Gasteiger partial charge in [0.05, 0.1) is 7.11 Å². The highest BCUT2D eigenvalue weighted by atomic mass is 35.5. The molecule has 8 heteroatoms. The van der Waals surface area contributed by atoms with Crippen LogP contribution in [0.4, 0.5) is 17.6 Å². The molecular formula is C15H21ClF4N2O. The summed E-state index contributed by atoms with van der Waals surface area (Å²) in [6.07, 6.45) is -5.16. The number of alkyl halides is 3. The summed E-state index contributed by atoms with van der Waals surface area (Å²) in [4.78, 5) is 1.98. The zero-order chi connectivity index (χ0) is 16.2. The summed E-state index contributed by atoms with van der Waals surface area (Å²) < 4.78 is 56.5. The summed E-state index contributed by atoms with van der Waals surface area (Å²) in [7, 11) is 1.36. The lowest BCUT2D eigenvalue weighted by Gasteiger charge is -2.35. The summed E-state index contributed by atoms with van der Waals surface area (Å²) in [5, 5.41) is 3.17. The SMILES string of the molecule is COc1ccc([C@H](CCC(F)(F)F)N2CCNCC2)cc1F.Cl. The normalized spacial score (nSPS) is 17.4. The molecule has 1 heterocycles. The second-order valence-electron chi connectivity index (χ2n) is 5.35. The molecule has 0 spiro atoms. The largest absolute Gasteiger partial charge is 0.494 e. The average molecular weight is 357 g/mol. The lowest BCUT2D eigenvalue weighted by Crippen LogP contribution is -2.45. The Kier molecular flexibility index (Phi) is 7.57. The third-order valence-electron chi connectivity index (χ3n) is 3.85. The first-order chi connectivity index (χ1) is 10.4. The summed E-state index contributed by atoms with van der Waals surface area (Å²) in [6.45, 7) is 2.74. The van der Waals surface area contributed by atoms with Gasteiger partial charge >= 0.3 is 6.18 Å². The number of halogens is 5. The Morgan fingerprint density at radius 1 is 1.26 bits per heavy atom. The van der Waals surface area contributed by atoms with Gasteiger partial charge in [0.1, 0.15) is 0 Å². The van der Waals surface area contributed by atoms with Crippen LogP contribution >= 0.6 is 12.4 Å². The van der Waals surface area contributed by atoms with Gasteiger partial charge in [-0.1, -0.05) is 6.07 Å². The number of benzene rings is 1. The molecule has 1 aliphatic heterocycles. The molecule has 0 unspecified atom stereocenters. The molecule has 1 N–H and O–H groups in total. The van der Waals surface area contributed by atoms with E-state index in [1.165, 1.54) is 19.2 Å². The van der Waals surface area contributed by atoms with Crippen molar-refractivity contribution >= 4 is 12.4 Å². The lowest BCUT2D eigenvalue weighted by molar-refractivity contribution is -0.138. The van der Waals surface area contributed by atoms with Crippen LogP contribution in [0.15, 0.2) is 18.2 Å². The number of methoxy groups -OCH3 is 1. The monoisotopic (exact) mass is 356 g/mol. The number of piperazine rings is 1. The van der Waals surface area contributed by atoms with E-state index < -0.39 is 24.5 Å². The van der Waals surface area contributed by atoms with Gasteiger partial charge in [-0.25, -0.2) is 4.39 Å². The Balaban J connectivity index is 0.00000264. The lowest BCUT2D eigenvalue weighted by atomic mass is 9.99. The molecule has 0 amide bonds. The third kappa shape index (κ3) is 5.82. The quantitative estimate of drug-likeness (QED) is 0.817. The summed E-state index contributed by atoms with van der Waals surface area (Å²) >= 11 is 0. The molecule has 1 atom stereocenters. The smallest absolute Gasteiger partial charge is 0.389 e. The van der Waals surface area contributed by atoms with E-state index in [0.717, 1.165) is 13.1 Å². The Bertz CT molecular complexity index is 493.